The Kier molecular flexibility index (Phi) is 11.1. The van der Waals surface area contributed by atoms with Crippen molar-refractivity contribution in [3.8, 4) is 11.5 Å². The van der Waals surface area contributed by atoms with Crippen LogP contribution in [-0.2, 0) is 18.4 Å². The first-order chi connectivity index (χ1) is 24.8. The number of hydrogen-bond donors (Lipinski definition) is 3. The molecule has 52 heavy (non-hydrogen) atoms. The third-order valence-electron chi connectivity index (χ3n) is 9.81. The number of rotatable bonds is 9. The molecular weight excluding hydrogens is 652 g/mol. The van der Waals surface area contributed by atoms with Crippen LogP contribution in [0.4, 0.5) is 0 Å². The number of carbonyl (C=O) groups excluding carboxylic acids is 2. The molecular formula is C43H46N4O5. The molecule has 0 aliphatic rings. The lowest BCUT2D eigenvalue weighted by atomic mass is 9.95. The van der Waals surface area contributed by atoms with Gasteiger partial charge in [-0.15, -0.1) is 0 Å². The van der Waals surface area contributed by atoms with Crippen molar-refractivity contribution in [2.45, 2.75) is 34.2 Å². The van der Waals surface area contributed by atoms with Crippen molar-refractivity contribution in [3.63, 3.8) is 0 Å². The fraction of sp³-hybridized carbons (Fsp3) is 0.209. The second kappa shape index (κ2) is 15.4. The second-order valence-electron chi connectivity index (χ2n) is 12.9. The summed E-state index contributed by atoms with van der Waals surface area (Å²) in [6.45, 7) is 17.1. The quantitative estimate of drug-likeness (QED) is 0.105. The summed E-state index contributed by atoms with van der Waals surface area (Å²) in [6.07, 6.45) is 1.94. The highest BCUT2D eigenvalue weighted by molar-refractivity contribution is 5.99. The topological polar surface area (TPSA) is 107 Å². The molecule has 0 saturated carbocycles. The number of amides is 2. The van der Waals surface area contributed by atoms with Gasteiger partial charge in [-0.3, -0.25) is 14.8 Å². The van der Waals surface area contributed by atoms with Crippen molar-refractivity contribution in [1.82, 2.24) is 19.9 Å². The lowest BCUT2D eigenvalue weighted by Crippen LogP contribution is -2.22. The highest BCUT2D eigenvalue weighted by atomic mass is 16.5. The second-order valence-corrected chi connectivity index (χ2v) is 12.9. The van der Waals surface area contributed by atoms with E-state index in [2.05, 4.69) is 57.4 Å². The third-order valence-corrected chi connectivity index (χ3v) is 9.81. The number of aromatic nitrogens is 2. The normalized spacial score (nSPS) is 10.8. The Morgan fingerprint density at radius 3 is 1.73 bits per heavy atom. The van der Waals surface area contributed by atoms with Crippen LogP contribution in [0.5, 0.6) is 11.5 Å². The Morgan fingerprint density at radius 2 is 1.23 bits per heavy atom. The van der Waals surface area contributed by atoms with Gasteiger partial charge in [-0.05, 0) is 132 Å². The minimum absolute atomic E-state index is 0.0155. The smallest absolute Gasteiger partial charge is 0.291 e. The fourth-order valence-electron chi connectivity index (χ4n) is 6.33. The zero-order valence-corrected chi connectivity index (χ0v) is 31.1. The molecule has 9 nitrogen and oxygen atoms in total. The van der Waals surface area contributed by atoms with E-state index in [1.807, 2.05) is 66.2 Å². The number of carbonyl (C=O) groups is 2. The Labute approximate surface area is 304 Å². The molecule has 2 heterocycles. The number of ether oxygens (including phenoxy) is 2. The zero-order valence-electron chi connectivity index (χ0n) is 31.1. The van der Waals surface area contributed by atoms with Crippen molar-refractivity contribution in [1.29, 1.82) is 0 Å². The summed E-state index contributed by atoms with van der Waals surface area (Å²) < 4.78 is 14.6. The minimum atomic E-state index is -0.539. The number of nitrogens with one attached hydrogen (secondary N) is 2. The first-order valence-corrected chi connectivity index (χ1v) is 16.8. The van der Waals surface area contributed by atoms with Crippen LogP contribution in [-0.4, -0.2) is 47.4 Å². The monoisotopic (exact) mass is 698 g/mol. The van der Waals surface area contributed by atoms with E-state index >= 15 is 0 Å². The molecule has 268 valence electrons. The highest BCUT2D eigenvalue weighted by Gasteiger charge is 2.15. The van der Waals surface area contributed by atoms with E-state index in [9.17, 15) is 9.59 Å². The fourth-order valence-corrected chi connectivity index (χ4v) is 6.33. The van der Waals surface area contributed by atoms with Gasteiger partial charge in [0.1, 0.15) is 23.7 Å². The summed E-state index contributed by atoms with van der Waals surface area (Å²) in [7, 11) is 6.79. The highest BCUT2D eigenvalue weighted by Crippen LogP contribution is 2.33. The summed E-state index contributed by atoms with van der Waals surface area (Å²) in [5.41, 5.74) is 14.5. The largest absolute Gasteiger partial charge is 0.496 e. The number of aryl methyl sites for hydroxylation is 3. The number of likely N-dealkylation sites (N-methyl/N-ethyl adjacent to an activating group) is 1. The molecule has 0 spiro atoms. The molecule has 0 radical (unpaired) electrons. The number of methoxy groups -OCH3 is 2. The van der Waals surface area contributed by atoms with Crippen LogP contribution in [0.3, 0.4) is 0 Å². The van der Waals surface area contributed by atoms with Crippen LogP contribution in [0.1, 0.15) is 55.0 Å². The Bertz CT molecular complexity index is 2360. The minimum Gasteiger partial charge on any atom is -0.496 e. The van der Waals surface area contributed by atoms with E-state index in [1.54, 1.807) is 44.4 Å². The molecule has 0 atom stereocenters. The first-order valence-electron chi connectivity index (χ1n) is 16.8. The van der Waals surface area contributed by atoms with Crippen molar-refractivity contribution >= 4 is 44.8 Å². The number of nitrogens with zero attached hydrogens (tertiary/aromatic N) is 2. The van der Waals surface area contributed by atoms with Gasteiger partial charge in [-0.25, -0.2) is 5.48 Å². The molecule has 0 saturated heterocycles. The Morgan fingerprint density at radius 1 is 0.712 bits per heavy atom. The summed E-state index contributed by atoms with van der Waals surface area (Å²) in [4.78, 5) is 23.4. The van der Waals surface area contributed by atoms with E-state index < -0.39 is 5.91 Å². The molecule has 0 aliphatic heterocycles. The lowest BCUT2D eigenvalue weighted by molar-refractivity contribution is -0.121. The summed E-state index contributed by atoms with van der Waals surface area (Å²) in [5, 5.41) is 13.5. The van der Waals surface area contributed by atoms with E-state index in [4.69, 9.17) is 14.7 Å². The maximum absolute atomic E-state index is 11.8. The van der Waals surface area contributed by atoms with Crippen LogP contribution < -0.4 is 20.3 Å². The molecule has 0 aliphatic carbocycles. The van der Waals surface area contributed by atoms with Gasteiger partial charge in [-0.2, -0.15) is 0 Å². The van der Waals surface area contributed by atoms with Crippen LogP contribution >= 0.6 is 0 Å². The molecule has 0 bridgehead atoms. The van der Waals surface area contributed by atoms with Crippen molar-refractivity contribution < 1.29 is 24.3 Å². The summed E-state index contributed by atoms with van der Waals surface area (Å²) in [5.74, 6) is 1.16. The van der Waals surface area contributed by atoms with E-state index in [0.29, 0.717) is 12.2 Å². The van der Waals surface area contributed by atoms with Crippen LogP contribution in [0.25, 0.3) is 33.0 Å². The van der Waals surface area contributed by atoms with Crippen LogP contribution in [0.15, 0.2) is 92.2 Å². The summed E-state index contributed by atoms with van der Waals surface area (Å²) in [6, 6.07) is 24.2. The molecule has 2 amide bonds. The average Bonchev–Trinajstić information content (AvgIpc) is 3.71. The van der Waals surface area contributed by atoms with Crippen LogP contribution in [0, 0.1) is 27.7 Å². The van der Waals surface area contributed by atoms with Gasteiger partial charge in [0.2, 0.25) is 5.91 Å². The Hall–Kier alpha value is -6.06. The maximum Gasteiger partial charge on any atom is 0.291 e. The van der Waals surface area contributed by atoms with Crippen molar-refractivity contribution in [3.05, 3.63) is 142 Å². The lowest BCUT2D eigenvalue weighted by Gasteiger charge is -2.13. The molecule has 6 aromatic rings. The predicted molar refractivity (Wildman–Crippen MR) is 209 cm³/mol. The molecule has 9 heteroatoms. The van der Waals surface area contributed by atoms with Gasteiger partial charge >= 0.3 is 0 Å². The van der Waals surface area contributed by atoms with E-state index in [1.165, 1.54) is 5.56 Å². The van der Waals surface area contributed by atoms with Crippen molar-refractivity contribution in [2.24, 2.45) is 7.05 Å². The molecule has 3 N–H and O–H groups in total. The van der Waals surface area contributed by atoms with Gasteiger partial charge < -0.3 is 23.9 Å². The number of hydroxylamine groups is 1. The Balaban J connectivity index is 0.000000201. The maximum atomic E-state index is 11.8. The SMILES string of the molecule is C=C(c1cc(C)c(C)c(OC)c1)c1ccc2c(c1)cc(C(=O)NO)n2C.C=C(c1cc(C)c(C)c(OC)c1)c1ccc2c(ccn2CC(=O)NC)c1. The third kappa shape index (κ3) is 7.36. The van der Waals surface area contributed by atoms with Crippen LogP contribution in [0.2, 0.25) is 0 Å². The zero-order chi connectivity index (χ0) is 37.9. The van der Waals surface area contributed by atoms with Gasteiger partial charge in [0.15, 0.2) is 0 Å². The first kappa shape index (κ1) is 37.2. The number of benzene rings is 4. The molecule has 4 aromatic carbocycles. The van der Waals surface area contributed by atoms with E-state index in [0.717, 1.165) is 83.4 Å². The molecule has 0 unspecified atom stereocenters. The van der Waals surface area contributed by atoms with Gasteiger partial charge in [-0.1, -0.05) is 37.4 Å². The standard InChI is InChI=1S/C22H24N2O2.C21H22N2O3/c1-14-10-19(12-21(26-5)15(14)2)16(3)17-6-7-20-18(11-17)8-9-24(20)13-22(25)23-4;1-12-8-16(11-20(26-5)13(12)2)14(3)15-6-7-18-17(9-15)10-19(23(18)4)21(24)22-25/h6-12H,3,13H2,1-2,4-5H3,(H,23,25);6-11,25H,3H2,1-2,4-5H3,(H,22,24). The van der Waals surface area contributed by atoms with Gasteiger partial charge in [0.05, 0.1) is 14.2 Å². The number of hydrogen-bond acceptors (Lipinski definition) is 5. The van der Waals surface area contributed by atoms with Crippen molar-refractivity contribution in [2.75, 3.05) is 21.3 Å². The number of fused-ring (bicyclic) bond motifs is 2. The molecule has 0 fully saturated rings. The van der Waals surface area contributed by atoms with E-state index in [-0.39, 0.29) is 5.91 Å². The average molecular weight is 699 g/mol. The summed E-state index contributed by atoms with van der Waals surface area (Å²) >= 11 is 0. The molecule has 2 aromatic heterocycles. The predicted octanol–water partition coefficient (Wildman–Crippen LogP) is 8.06. The van der Waals surface area contributed by atoms with Gasteiger partial charge in [0, 0.05) is 42.1 Å². The molecule has 6 rings (SSSR count). The van der Waals surface area contributed by atoms with Gasteiger partial charge in [0.25, 0.3) is 5.91 Å².